The number of rotatable bonds is 9. The summed E-state index contributed by atoms with van der Waals surface area (Å²) in [7, 11) is 2.40. The first kappa shape index (κ1) is 27.2. The molecule has 1 aliphatic heterocycles. The molecule has 3 rings (SSSR count). The van der Waals surface area contributed by atoms with Crippen LogP contribution in [0.4, 0.5) is 5.69 Å². The summed E-state index contributed by atoms with van der Waals surface area (Å²) in [6.45, 7) is -0.395. The van der Waals surface area contributed by atoms with Crippen LogP contribution in [0, 0.1) is 0 Å². The molecule has 0 aliphatic carbocycles. The van der Waals surface area contributed by atoms with Gasteiger partial charge < -0.3 is 9.47 Å². The highest BCUT2D eigenvalue weighted by Gasteiger charge is 2.35. The number of carbonyl (C=O) groups is 4. The Morgan fingerprint density at radius 1 is 0.865 bits per heavy atom. The number of anilines is 1. The molecule has 194 valence electrons. The Balaban J connectivity index is 1.82. The van der Waals surface area contributed by atoms with E-state index in [0.717, 1.165) is 17.7 Å². The largest absolute Gasteiger partial charge is 0.373 e. The van der Waals surface area contributed by atoms with E-state index in [2.05, 4.69) is 4.72 Å². The van der Waals surface area contributed by atoms with Crippen LogP contribution in [-0.4, -0.2) is 99.5 Å². The molecular weight excluding hydrogens is 504 g/mol. The van der Waals surface area contributed by atoms with E-state index in [1.807, 2.05) is 0 Å². The summed E-state index contributed by atoms with van der Waals surface area (Å²) in [5.41, 5.74) is 0.0666. The van der Waals surface area contributed by atoms with Crippen molar-refractivity contribution >= 4 is 52.3 Å². The van der Waals surface area contributed by atoms with Crippen molar-refractivity contribution in [2.45, 2.75) is 0 Å². The third-order valence-corrected chi connectivity index (χ3v) is 6.15. The zero-order valence-corrected chi connectivity index (χ0v) is 21.4. The van der Waals surface area contributed by atoms with Crippen LogP contribution in [0.15, 0.2) is 42.5 Å². The van der Waals surface area contributed by atoms with Crippen LogP contribution in [-0.2, 0) is 19.5 Å². The van der Waals surface area contributed by atoms with Gasteiger partial charge in [0, 0.05) is 6.54 Å². The Hall–Kier alpha value is -4.39. The topological polar surface area (TPSA) is 142 Å². The zero-order valence-electron chi connectivity index (χ0n) is 20.6. The molecule has 13 heteroatoms. The average molecular weight is 531 g/mol. The highest BCUT2D eigenvalue weighted by molar-refractivity contribution is 7.92. The third kappa shape index (κ3) is 6.85. The molecule has 1 N–H and O–H groups in total. The lowest BCUT2D eigenvalue weighted by molar-refractivity contribution is -0.466. The molecule has 0 spiro atoms. The fraction of sp³-hybridized carbons (Fsp3) is 0.250. The van der Waals surface area contributed by atoms with Crippen LogP contribution in [0.3, 0.4) is 0 Å². The first-order valence-corrected chi connectivity index (χ1v) is 12.6. The van der Waals surface area contributed by atoms with Gasteiger partial charge in [-0.15, -0.1) is 0 Å². The molecule has 0 aromatic heterocycles. The van der Waals surface area contributed by atoms with Gasteiger partial charge in [-0.1, -0.05) is 12.1 Å². The number of fused-ring (bicyclic) bond motifs is 1. The number of hydrogen-bond acceptors (Lipinski definition) is 8. The number of carbonyl (C=O) groups excluding carboxylic acids is 4. The molecular formula is C24H26N4O8S+2. The van der Waals surface area contributed by atoms with E-state index in [9.17, 15) is 27.6 Å². The van der Waals surface area contributed by atoms with Crippen molar-refractivity contribution in [3.8, 4) is 0 Å². The number of sulfonamides is 1. The average Bonchev–Trinajstić information content (AvgIpc) is 3.08. The Kier molecular flexibility index (Phi) is 8.17. The second-order valence-corrected chi connectivity index (χ2v) is 10.3. The number of nitrogens with zero attached hydrogens (tertiary/aromatic N) is 3. The van der Waals surface area contributed by atoms with E-state index in [-0.39, 0.29) is 27.9 Å². The summed E-state index contributed by atoms with van der Waals surface area (Å²) in [5, 5.41) is 0. The molecule has 2 aromatic rings. The Bertz CT molecular complexity index is 1350. The van der Waals surface area contributed by atoms with Crippen LogP contribution in [0.25, 0.3) is 0 Å². The third-order valence-electron chi connectivity index (χ3n) is 4.88. The Morgan fingerprint density at radius 3 is 1.76 bits per heavy atom. The predicted molar refractivity (Wildman–Crippen MR) is 133 cm³/mol. The smallest absolute Gasteiger partial charge is 0.347 e. The van der Waals surface area contributed by atoms with Crippen LogP contribution in [0.5, 0.6) is 0 Å². The molecule has 0 fully saturated rings. The van der Waals surface area contributed by atoms with Crippen molar-refractivity contribution in [2.75, 3.05) is 45.2 Å². The van der Waals surface area contributed by atoms with Crippen LogP contribution >= 0.6 is 0 Å². The summed E-state index contributed by atoms with van der Waals surface area (Å²) < 4.78 is 40.9. The fourth-order valence-corrected chi connectivity index (χ4v) is 4.25. The molecule has 2 amide bonds. The normalized spacial score (nSPS) is 12.5. The van der Waals surface area contributed by atoms with Gasteiger partial charge in [0.25, 0.3) is 11.8 Å². The molecule has 0 saturated carbocycles. The van der Waals surface area contributed by atoms with Gasteiger partial charge in [-0.05, 0) is 30.3 Å². The molecule has 1 heterocycles. The van der Waals surface area contributed by atoms with Gasteiger partial charge in [-0.2, -0.15) is 0 Å². The number of amides is 2. The standard InChI is InChI=1S/C24H26N4O8S/c1-26(2)14-35-23(31)16-11-17(24(32)36-15-27(3)4)13-18(12-16)25-37(33,34)10-9-28-21(29)19-7-5-6-8-20(19)22(28)30/h5-8,11-15,25H,9-10H2,1-4H3/q+2. The monoisotopic (exact) mass is 530 g/mol. The van der Waals surface area contributed by atoms with Crippen molar-refractivity contribution in [1.29, 1.82) is 0 Å². The van der Waals surface area contributed by atoms with E-state index in [1.54, 1.807) is 40.3 Å². The summed E-state index contributed by atoms with van der Waals surface area (Å²) >= 11 is 0. The Morgan fingerprint density at radius 2 is 1.32 bits per heavy atom. The SMILES string of the molecule is C[N+](C)=COC(=O)c1cc(NS(=O)(=O)CCN2C(=O)c3ccccc3C2=O)cc(C(=O)OC=[N+](C)C)c1. The van der Waals surface area contributed by atoms with Crippen molar-refractivity contribution < 1.29 is 46.2 Å². The highest BCUT2D eigenvalue weighted by Crippen LogP contribution is 2.23. The van der Waals surface area contributed by atoms with Crippen molar-refractivity contribution in [3.63, 3.8) is 0 Å². The molecule has 2 aromatic carbocycles. The molecule has 37 heavy (non-hydrogen) atoms. The molecule has 0 atom stereocenters. The minimum Gasteiger partial charge on any atom is -0.373 e. The van der Waals surface area contributed by atoms with Gasteiger partial charge in [-0.25, -0.2) is 27.2 Å². The number of esters is 2. The summed E-state index contributed by atoms with van der Waals surface area (Å²) in [6.07, 6.45) is 2.28. The lowest BCUT2D eigenvalue weighted by atomic mass is 10.1. The number of benzene rings is 2. The van der Waals surface area contributed by atoms with Gasteiger partial charge in [0.15, 0.2) is 0 Å². The van der Waals surface area contributed by atoms with Crippen LogP contribution in [0.2, 0.25) is 0 Å². The zero-order chi connectivity index (χ0) is 27.3. The first-order chi connectivity index (χ1) is 17.4. The van der Waals surface area contributed by atoms with Crippen molar-refractivity contribution in [2.24, 2.45) is 0 Å². The molecule has 0 saturated heterocycles. The van der Waals surface area contributed by atoms with Crippen LogP contribution < -0.4 is 4.72 Å². The molecule has 0 bridgehead atoms. The van der Waals surface area contributed by atoms with E-state index >= 15 is 0 Å². The van der Waals surface area contributed by atoms with Gasteiger partial charge >= 0.3 is 24.7 Å². The lowest BCUT2D eigenvalue weighted by Gasteiger charge is -2.15. The fourth-order valence-electron chi connectivity index (χ4n) is 3.25. The highest BCUT2D eigenvalue weighted by atomic mass is 32.2. The Labute approximate surface area is 213 Å². The van der Waals surface area contributed by atoms with E-state index in [4.69, 9.17) is 9.47 Å². The number of ether oxygens (including phenoxy) is 2. The minimum atomic E-state index is -4.13. The quantitative estimate of drug-likeness (QED) is 0.164. The minimum absolute atomic E-state index is 0.113. The van der Waals surface area contributed by atoms with E-state index < -0.39 is 46.1 Å². The molecule has 0 radical (unpaired) electrons. The molecule has 1 aliphatic rings. The maximum absolute atomic E-state index is 12.8. The maximum Gasteiger partial charge on any atom is 0.347 e. The maximum atomic E-state index is 12.8. The number of nitrogens with one attached hydrogen (secondary N) is 1. The second kappa shape index (κ2) is 11.1. The summed E-state index contributed by atoms with van der Waals surface area (Å²) in [4.78, 5) is 50.8. The van der Waals surface area contributed by atoms with Crippen molar-refractivity contribution in [1.82, 2.24) is 4.90 Å². The molecule has 12 nitrogen and oxygen atoms in total. The van der Waals surface area contributed by atoms with Gasteiger partial charge in [-0.3, -0.25) is 19.2 Å². The first-order valence-electron chi connectivity index (χ1n) is 10.9. The number of imide groups is 1. The summed E-state index contributed by atoms with van der Waals surface area (Å²) in [5.74, 6) is -3.46. The van der Waals surface area contributed by atoms with Gasteiger partial charge in [0.05, 0.1) is 33.7 Å². The lowest BCUT2D eigenvalue weighted by Crippen LogP contribution is -2.35. The van der Waals surface area contributed by atoms with Crippen LogP contribution in [0.1, 0.15) is 41.4 Å². The summed E-state index contributed by atoms with van der Waals surface area (Å²) in [6, 6.07) is 9.80. The van der Waals surface area contributed by atoms with Crippen molar-refractivity contribution in [3.05, 3.63) is 64.7 Å². The van der Waals surface area contributed by atoms with Gasteiger partial charge in [0.2, 0.25) is 10.0 Å². The van der Waals surface area contributed by atoms with Gasteiger partial charge in [0.1, 0.15) is 28.2 Å². The van der Waals surface area contributed by atoms with E-state index in [1.165, 1.54) is 39.5 Å². The number of hydrogen-bond donors (Lipinski definition) is 1. The molecule has 0 unspecified atom stereocenters. The van der Waals surface area contributed by atoms with E-state index in [0.29, 0.717) is 0 Å². The predicted octanol–water partition coefficient (Wildman–Crippen LogP) is 0.639. The second-order valence-electron chi connectivity index (χ2n) is 8.48.